The molecule has 0 radical (unpaired) electrons. The van der Waals surface area contributed by atoms with Gasteiger partial charge in [0.25, 0.3) is 0 Å². The van der Waals surface area contributed by atoms with Crippen LogP contribution in [0, 0.1) is 5.39 Å². The lowest BCUT2D eigenvalue weighted by Crippen LogP contribution is -2.36. The first-order valence-corrected chi connectivity index (χ1v) is 6.61. The molecule has 2 rings (SSSR count). The van der Waals surface area contributed by atoms with Gasteiger partial charge < -0.3 is 36.4 Å². The van der Waals surface area contributed by atoms with Crippen LogP contribution in [0.2, 0.25) is 0 Å². The van der Waals surface area contributed by atoms with Crippen LogP contribution in [0.5, 0.6) is 11.5 Å². The predicted octanol–water partition coefficient (Wildman–Crippen LogP) is 3.32. The standard InChI is InChI=1S/C12H16N3O3.BF4/c1-16-11-8-10(15-3-5-18-6-4-15)12(17-2)7-9(11)14-13;2-1(3,4)5/h7-8H,3-6H2,1-2H3;/q+1;-1. The number of rotatable bonds is 3. The van der Waals surface area contributed by atoms with E-state index in [9.17, 15) is 17.3 Å². The monoisotopic (exact) mass is 337 g/mol. The van der Waals surface area contributed by atoms with Gasteiger partial charge in [-0.15, -0.1) is 0 Å². The summed E-state index contributed by atoms with van der Waals surface area (Å²) in [5.74, 6) is 1.17. The third-order valence-electron chi connectivity index (χ3n) is 2.94. The maximum Gasteiger partial charge on any atom is 0.673 e. The van der Waals surface area contributed by atoms with Gasteiger partial charge in [-0.05, 0) is 0 Å². The van der Waals surface area contributed by atoms with E-state index in [-0.39, 0.29) is 0 Å². The zero-order valence-electron chi connectivity index (χ0n) is 12.6. The van der Waals surface area contributed by atoms with Crippen LogP contribution in [0.4, 0.5) is 28.6 Å². The Kier molecular flexibility index (Phi) is 6.90. The van der Waals surface area contributed by atoms with Gasteiger partial charge in [-0.3, -0.25) is 0 Å². The number of diazo groups is 1. The molecule has 0 N–H and O–H groups in total. The molecule has 0 amide bonds. The van der Waals surface area contributed by atoms with Crippen molar-refractivity contribution in [2.75, 3.05) is 45.4 Å². The number of ether oxygens (including phenoxy) is 3. The topological polar surface area (TPSA) is 59.1 Å². The normalized spacial score (nSPS) is 14.4. The first-order chi connectivity index (χ1) is 10.8. The summed E-state index contributed by atoms with van der Waals surface area (Å²) < 4.78 is 54.9. The molecule has 1 heterocycles. The summed E-state index contributed by atoms with van der Waals surface area (Å²) in [7, 11) is -2.87. The van der Waals surface area contributed by atoms with Crippen LogP contribution in [0.1, 0.15) is 0 Å². The summed E-state index contributed by atoms with van der Waals surface area (Å²) in [6.07, 6.45) is 0. The van der Waals surface area contributed by atoms with Gasteiger partial charge in [-0.2, -0.15) is 0 Å². The number of hydrogen-bond acceptors (Lipinski definition) is 5. The van der Waals surface area contributed by atoms with Crippen molar-refractivity contribution in [2.24, 2.45) is 0 Å². The molecule has 0 aromatic heterocycles. The summed E-state index contributed by atoms with van der Waals surface area (Å²) in [4.78, 5) is 5.35. The lowest BCUT2D eigenvalue weighted by Gasteiger charge is -2.29. The van der Waals surface area contributed by atoms with E-state index in [0.717, 1.165) is 18.8 Å². The molecular weight excluding hydrogens is 321 g/mol. The first-order valence-electron chi connectivity index (χ1n) is 6.61. The Morgan fingerprint density at radius 2 is 1.61 bits per heavy atom. The van der Waals surface area contributed by atoms with Gasteiger partial charge in [0.1, 0.15) is 0 Å². The van der Waals surface area contributed by atoms with Crippen LogP contribution < -0.4 is 14.4 Å². The van der Waals surface area contributed by atoms with Gasteiger partial charge >= 0.3 is 12.9 Å². The second kappa shape index (κ2) is 8.43. The second-order valence-corrected chi connectivity index (χ2v) is 4.39. The molecule has 1 aromatic carbocycles. The molecule has 0 bridgehead atoms. The molecule has 0 spiro atoms. The second-order valence-electron chi connectivity index (χ2n) is 4.39. The maximum absolute atomic E-state index is 9.75. The van der Waals surface area contributed by atoms with E-state index in [1.54, 1.807) is 20.3 Å². The Hall–Kier alpha value is -2.22. The molecule has 0 unspecified atom stereocenters. The van der Waals surface area contributed by atoms with E-state index in [0.29, 0.717) is 30.4 Å². The quantitative estimate of drug-likeness (QED) is 0.481. The third-order valence-corrected chi connectivity index (χ3v) is 2.94. The van der Waals surface area contributed by atoms with Crippen molar-refractivity contribution < 1.29 is 31.5 Å². The molecule has 1 aromatic rings. The lowest BCUT2D eigenvalue weighted by atomic mass is 10.2. The largest absolute Gasteiger partial charge is 0.673 e. The zero-order valence-corrected chi connectivity index (χ0v) is 12.6. The van der Waals surface area contributed by atoms with Gasteiger partial charge in [-0.1, -0.05) is 0 Å². The average molecular weight is 337 g/mol. The van der Waals surface area contributed by atoms with Crippen molar-refractivity contribution in [3.63, 3.8) is 0 Å². The molecule has 11 heteroatoms. The maximum atomic E-state index is 9.75. The number of benzene rings is 1. The molecule has 23 heavy (non-hydrogen) atoms. The van der Waals surface area contributed by atoms with E-state index in [2.05, 4.69) is 9.88 Å². The number of nitrogens with zero attached hydrogens (tertiary/aromatic N) is 3. The van der Waals surface area contributed by atoms with E-state index < -0.39 is 7.25 Å². The predicted molar refractivity (Wildman–Crippen MR) is 77.5 cm³/mol. The van der Waals surface area contributed by atoms with Crippen LogP contribution in [0.3, 0.4) is 0 Å². The van der Waals surface area contributed by atoms with Gasteiger partial charge in [0.2, 0.25) is 11.1 Å². The summed E-state index contributed by atoms with van der Waals surface area (Å²) in [5, 5.41) is 8.93. The minimum Gasteiger partial charge on any atom is -0.494 e. The van der Waals surface area contributed by atoms with Gasteiger partial charge in [0.05, 0.1) is 39.2 Å². The molecule has 0 atom stereocenters. The van der Waals surface area contributed by atoms with Crippen molar-refractivity contribution in [1.82, 2.24) is 0 Å². The molecule has 1 aliphatic heterocycles. The number of hydrogen-bond donors (Lipinski definition) is 0. The fraction of sp³-hybridized carbons (Fsp3) is 0.500. The first kappa shape index (κ1) is 18.8. The zero-order chi connectivity index (χ0) is 17.5. The lowest BCUT2D eigenvalue weighted by molar-refractivity contribution is 0.122. The highest BCUT2D eigenvalue weighted by Crippen LogP contribution is 2.40. The fourth-order valence-electron chi connectivity index (χ4n) is 2.00. The van der Waals surface area contributed by atoms with Crippen molar-refractivity contribution in [2.45, 2.75) is 0 Å². The van der Waals surface area contributed by atoms with Gasteiger partial charge in [0, 0.05) is 19.2 Å². The van der Waals surface area contributed by atoms with Crippen LogP contribution in [-0.4, -0.2) is 47.8 Å². The molecule has 6 nitrogen and oxygen atoms in total. The molecule has 1 saturated heterocycles. The van der Waals surface area contributed by atoms with E-state index >= 15 is 0 Å². The average Bonchev–Trinajstić information content (AvgIpc) is 2.52. The summed E-state index contributed by atoms with van der Waals surface area (Å²) >= 11 is 0. The Morgan fingerprint density at radius 1 is 1.09 bits per heavy atom. The molecule has 1 fully saturated rings. The van der Waals surface area contributed by atoms with Crippen molar-refractivity contribution in [3.05, 3.63) is 17.1 Å². The Labute approximate surface area is 130 Å². The number of methoxy groups -OCH3 is 2. The molecule has 0 aliphatic carbocycles. The number of halogens is 4. The van der Waals surface area contributed by atoms with Crippen molar-refractivity contribution in [3.8, 4) is 11.5 Å². The highest BCUT2D eigenvalue weighted by Gasteiger charge is 2.24. The fourth-order valence-corrected chi connectivity index (χ4v) is 2.00. The summed E-state index contributed by atoms with van der Waals surface area (Å²) in [6, 6.07) is 3.48. The van der Waals surface area contributed by atoms with Crippen molar-refractivity contribution >= 4 is 18.6 Å². The van der Waals surface area contributed by atoms with Gasteiger partial charge in [0.15, 0.2) is 10.7 Å². The smallest absolute Gasteiger partial charge is 0.494 e. The van der Waals surface area contributed by atoms with Crippen LogP contribution in [0.15, 0.2) is 12.1 Å². The Balaban J connectivity index is 0.000000463. The van der Waals surface area contributed by atoms with Gasteiger partial charge in [-0.25, -0.2) is 0 Å². The van der Waals surface area contributed by atoms with Crippen LogP contribution in [0.25, 0.3) is 4.98 Å². The minimum atomic E-state index is -6.00. The highest BCUT2D eigenvalue weighted by molar-refractivity contribution is 6.50. The SMILES string of the molecule is COc1cc(N2CCOCC2)c(OC)cc1[N+]#N.F[B-](F)(F)F. The van der Waals surface area contributed by atoms with E-state index in [1.807, 2.05) is 6.07 Å². The van der Waals surface area contributed by atoms with Crippen LogP contribution >= 0.6 is 0 Å². The third kappa shape index (κ3) is 6.19. The van der Waals surface area contributed by atoms with Crippen LogP contribution in [-0.2, 0) is 4.74 Å². The molecule has 1 aliphatic rings. The Bertz CT molecular complexity index is 554. The van der Waals surface area contributed by atoms with E-state index in [1.165, 1.54) is 0 Å². The summed E-state index contributed by atoms with van der Waals surface area (Å²) in [5.41, 5.74) is 1.27. The molecule has 128 valence electrons. The van der Waals surface area contributed by atoms with Crippen molar-refractivity contribution in [1.29, 1.82) is 5.39 Å². The number of morpholine rings is 1. The Morgan fingerprint density at radius 3 is 2.04 bits per heavy atom. The van der Waals surface area contributed by atoms with E-state index in [4.69, 9.17) is 19.6 Å². The minimum absolute atomic E-state index is 0.353. The molecular formula is C12H16BF4N3O3. The summed E-state index contributed by atoms with van der Waals surface area (Å²) in [6.45, 7) is 2.99. The molecule has 0 saturated carbocycles. The number of anilines is 1. The highest BCUT2D eigenvalue weighted by atomic mass is 19.5.